The fourth-order valence-corrected chi connectivity index (χ4v) is 2.42. The topological polar surface area (TPSA) is 55.6 Å². The number of nitrogens with one attached hydrogen (secondary N) is 1. The first-order valence-electron chi connectivity index (χ1n) is 6.85. The Morgan fingerprint density at radius 2 is 2.00 bits per heavy atom. The predicted octanol–water partition coefficient (Wildman–Crippen LogP) is 2.77. The monoisotopic (exact) mass is 265 g/mol. The Bertz CT molecular complexity index is 745. The first-order chi connectivity index (χ1) is 9.90. The largest absolute Gasteiger partial charge is 0.379 e. The number of nitrogens with zero attached hydrogens (tertiary/aromatic N) is 4. The van der Waals surface area contributed by atoms with Crippen LogP contribution < -0.4 is 5.32 Å². The van der Waals surface area contributed by atoms with E-state index in [1.807, 2.05) is 30.7 Å². The molecule has 100 valence electrons. The van der Waals surface area contributed by atoms with Crippen molar-refractivity contribution < 1.29 is 0 Å². The van der Waals surface area contributed by atoms with E-state index in [9.17, 15) is 0 Å². The molecule has 2 heterocycles. The molecule has 20 heavy (non-hydrogen) atoms. The highest BCUT2D eigenvalue weighted by Crippen LogP contribution is 2.35. The van der Waals surface area contributed by atoms with Crippen LogP contribution in [0.15, 0.2) is 43.1 Å². The van der Waals surface area contributed by atoms with Gasteiger partial charge in [-0.2, -0.15) is 0 Å². The van der Waals surface area contributed by atoms with Gasteiger partial charge in [0, 0.05) is 30.3 Å². The van der Waals surface area contributed by atoms with E-state index in [4.69, 9.17) is 0 Å². The zero-order valence-electron chi connectivity index (χ0n) is 11.0. The van der Waals surface area contributed by atoms with Crippen molar-refractivity contribution in [2.45, 2.75) is 25.4 Å². The quantitative estimate of drug-likeness (QED) is 0.788. The second kappa shape index (κ2) is 4.59. The van der Waals surface area contributed by atoms with Gasteiger partial charge in [-0.1, -0.05) is 0 Å². The van der Waals surface area contributed by atoms with Gasteiger partial charge in [0.15, 0.2) is 0 Å². The van der Waals surface area contributed by atoms with Gasteiger partial charge in [-0.05, 0) is 31.0 Å². The molecule has 1 aliphatic carbocycles. The van der Waals surface area contributed by atoms with Crippen molar-refractivity contribution in [1.82, 2.24) is 19.5 Å². The highest BCUT2D eigenvalue weighted by molar-refractivity contribution is 5.78. The van der Waals surface area contributed by atoms with Gasteiger partial charge in [-0.3, -0.25) is 9.97 Å². The van der Waals surface area contributed by atoms with Crippen LogP contribution in [0, 0.1) is 0 Å². The van der Waals surface area contributed by atoms with E-state index in [2.05, 4.69) is 24.8 Å². The lowest BCUT2D eigenvalue weighted by Gasteiger charge is -2.09. The van der Waals surface area contributed by atoms with Crippen LogP contribution in [0.3, 0.4) is 0 Å². The Hall–Kier alpha value is -2.43. The molecule has 1 fully saturated rings. The summed E-state index contributed by atoms with van der Waals surface area (Å²) in [6, 6.07) is 6.72. The number of hydrogen-bond acceptors (Lipinski definition) is 4. The van der Waals surface area contributed by atoms with Crippen LogP contribution in [-0.2, 0) is 6.54 Å². The van der Waals surface area contributed by atoms with Gasteiger partial charge < -0.3 is 9.88 Å². The molecule has 5 nitrogen and oxygen atoms in total. The molecule has 0 radical (unpaired) electrons. The van der Waals surface area contributed by atoms with Gasteiger partial charge >= 0.3 is 0 Å². The summed E-state index contributed by atoms with van der Waals surface area (Å²) in [5.41, 5.74) is 4.11. The van der Waals surface area contributed by atoms with Crippen molar-refractivity contribution in [3.05, 3.63) is 48.8 Å². The molecule has 4 rings (SSSR count). The van der Waals surface area contributed by atoms with Gasteiger partial charge in [-0.25, -0.2) is 4.98 Å². The third kappa shape index (κ3) is 2.11. The summed E-state index contributed by atoms with van der Waals surface area (Å²) in [7, 11) is 0. The van der Waals surface area contributed by atoms with Crippen molar-refractivity contribution in [2.75, 3.05) is 5.32 Å². The van der Waals surface area contributed by atoms with Crippen LogP contribution in [-0.4, -0.2) is 19.5 Å². The van der Waals surface area contributed by atoms with Crippen molar-refractivity contribution in [3.8, 4) is 0 Å². The summed E-state index contributed by atoms with van der Waals surface area (Å²) in [6.45, 7) is 0.780. The van der Waals surface area contributed by atoms with E-state index in [-0.39, 0.29) is 0 Å². The van der Waals surface area contributed by atoms with Gasteiger partial charge in [0.2, 0.25) is 0 Å². The van der Waals surface area contributed by atoms with E-state index in [0.29, 0.717) is 6.04 Å². The lowest BCUT2D eigenvalue weighted by molar-refractivity contribution is 0.701. The van der Waals surface area contributed by atoms with E-state index in [1.54, 1.807) is 12.4 Å². The molecule has 0 amide bonds. The molecule has 0 bridgehead atoms. The Morgan fingerprint density at radius 3 is 2.85 bits per heavy atom. The number of benzene rings is 1. The first-order valence-corrected chi connectivity index (χ1v) is 6.85. The average molecular weight is 265 g/mol. The van der Waals surface area contributed by atoms with Crippen LogP contribution in [0.25, 0.3) is 11.0 Å². The van der Waals surface area contributed by atoms with Gasteiger partial charge in [-0.15, -0.1) is 0 Å². The molecule has 0 spiro atoms. The molecule has 2 aromatic heterocycles. The third-order valence-electron chi connectivity index (χ3n) is 3.63. The number of imidazole rings is 1. The highest BCUT2D eigenvalue weighted by atomic mass is 15.1. The highest BCUT2D eigenvalue weighted by Gasteiger charge is 2.24. The normalized spacial score (nSPS) is 14.6. The van der Waals surface area contributed by atoms with Gasteiger partial charge in [0.1, 0.15) is 0 Å². The van der Waals surface area contributed by atoms with Crippen LogP contribution in [0.2, 0.25) is 0 Å². The molecule has 1 aliphatic rings. The summed E-state index contributed by atoms with van der Waals surface area (Å²) in [6.07, 6.45) is 9.84. The van der Waals surface area contributed by atoms with Crippen molar-refractivity contribution in [3.63, 3.8) is 0 Å². The second-order valence-electron chi connectivity index (χ2n) is 5.14. The van der Waals surface area contributed by atoms with Crippen molar-refractivity contribution in [1.29, 1.82) is 0 Å². The lowest BCUT2D eigenvalue weighted by Crippen LogP contribution is -2.05. The number of rotatable bonds is 4. The summed E-state index contributed by atoms with van der Waals surface area (Å²) in [5, 5.41) is 3.43. The summed E-state index contributed by atoms with van der Waals surface area (Å²) in [4.78, 5) is 12.8. The van der Waals surface area contributed by atoms with Crippen molar-refractivity contribution in [2.24, 2.45) is 0 Å². The van der Waals surface area contributed by atoms with E-state index < -0.39 is 0 Å². The Kier molecular flexibility index (Phi) is 2.62. The van der Waals surface area contributed by atoms with E-state index in [1.165, 1.54) is 18.5 Å². The molecule has 3 aromatic rings. The number of aromatic nitrogens is 4. The minimum absolute atomic E-state index is 0.664. The molecule has 5 heteroatoms. The Morgan fingerprint density at radius 1 is 1.15 bits per heavy atom. The number of anilines is 1. The van der Waals surface area contributed by atoms with Crippen LogP contribution in [0.5, 0.6) is 0 Å². The molecule has 0 atom stereocenters. The maximum absolute atomic E-state index is 4.32. The number of fused-ring (bicyclic) bond motifs is 1. The third-order valence-corrected chi connectivity index (χ3v) is 3.63. The summed E-state index contributed by atoms with van der Waals surface area (Å²) >= 11 is 0. The molecule has 1 N–H and O–H groups in total. The zero-order chi connectivity index (χ0) is 13.4. The fraction of sp³-hybridized carbons (Fsp3) is 0.267. The molecule has 0 aliphatic heterocycles. The molecule has 0 saturated heterocycles. The van der Waals surface area contributed by atoms with Crippen molar-refractivity contribution >= 4 is 16.7 Å². The van der Waals surface area contributed by atoms with Crippen LogP contribution >= 0.6 is 0 Å². The van der Waals surface area contributed by atoms with E-state index >= 15 is 0 Å². The Labute approximate surface area is 116 Å². The second-order valence-corrected chi connectivity index (χ2v) is 5.14. The maximum Gasteiger partial charge on any atom is 0.0951 e. The standard InChI is InChI=1S/C15H15N5/c1-4-14-15(18-6-5-17-14)7-11(1)19-9-13-8-16-10-20(13)12-2-3-12/h1,4-8,10,12,19H,2-3,9H2. The van der Waals surface area contributed by atoms with E-state index in [0.717, 1.165) is 23.3 Å². The minimum Gasteiger partial charge on any atom is -0.379 e. The fourth-order valence-electron chi connectivity index (χ4n) is 2.42. The maximum atomic E-state index is 4.32. The zero-order valence-corrected chi connectivity index (χ0v) is 11.0. The summed E-state index contributed by atoms with van der Waals surface area (Å²) in [5.74, 6) is 0. The lowest BCUT2D eigenvalue weighted by atomic mass is 10.2. The Balaban J connectivity index is 1.53. The van der Waals surface area contributed by atoms with Crippen LogP contribution in [0.1, 0.15) is 24.6 Å². The molecular weight excluding hydrogens is 250 g/mol. The van der Waals surface area contributed by atoms with Gasteiger partial charge in [0.25, 0.3) is 0 Å². The first kappa shape index (κ1) is 11.4. The molecular formula is C15H15N5. The SMILES string of the molecule is c1cnc2cc(NCc3cncn3C3CC3)ccc2n1. The minimum atomic E-state index is 0.664. The summed E-state index contributed by atoms with van der Waals surface area (Å²) < 4.78 is 2.27. The number of hydrogen-bond donors (Lipinski definition) is 1. The molecule has 1 aromatic carbocycles. The molecule has 1 saturated carbocycles. The smallest absolute Gasteiger partial charge is 0.0951 e. The predicted molar refractivity (Wildman–Crippen MR) is 77.4 cm³/mol. The average Bonchev–Trinajstić information content (AvgIpc) is 3.23. The van der Waals surface area contributed by atoms with Crippen LogP contribution in [0.4, 0.5) is 5.69 Å². The molecule has 0 unspecified atom stereocenters. The van der Waals surface area contributed by atoms with Gasteiger partial charge in [0.05, 0.1) is 29.6 Å².